The number of hydrogen-bond acceptors (Lipinski definition) is 2. The molecule has 3 aliphatic rings. The Kier molecular flexibility index (Phi) is 9.09. The second-order valence-corrected chi connectivity index (χ2v) is 14.4. The van der Waals surface area contributed by atoms with Crippen LogP contribution in [0, 0.1) is 10.8 Å². The van der Waals surface area contributed by atoms with Crippen molar-refractivity contribution >= 4 is 28.7 Å². The molecule has 2 aliphatic carbocycles. The number of aromatic carboxylic acids is 1. The Bertz CT molecular complexity index is 1820. The van der Waals surface area contributed by atoms with Crippen LogP contribution in [0.3, 0.4) is 0 Å². The molecule has 5 nitrogen and oxygen atoms in total. The molecule has 2 heterocycles. The van der Waals surface area contributed by atoms with Gasteiger partial charge in [0.25, 0.3) is 5.91 Å². The number of nitrogens with zero attached hydrogens (tertiary/aromatic N) is 2. The maximum Gasteiger partial charge on any atom is 0.335 e. The minimum Gasteiger partial charge on any atom is -0.478 e. The number of carboxylic acids is 1. The van der Waals surface area contributed by atoms with Gasteiger partial charge in [0, 0.05) is 29.7 Å². The van der Waals surface area contributed by atoms with Crippen LogP contribution in [0.4, 0.5) is 5.69 Å². The van der Waals surface area contributed by atoms with E-state index in [4.69, 9.17) is 5.11 Å². The molecule has 1 aromatic heterocycles. The normalized spacial score (nSPS) is 17.9. The summed E-state index contributed by atoms with van der Waals surface area (Å²) >= 11 is 0. The van der Waals surface area contributed by atoms with Gasteiger partial charge in [-0.15, -0.1) is 0 Å². The van der Waals surface area contributed by atoms with E-state index in [2.05, 4.69) is 87.0 Å². The Morgan fingerprint density at radius 2 is 1.21 bits per heavy atom. The van der Waals surface area contributed by atoms with Gasteiger partial charge in [0.2, 0.25) is 0 Å². The first kappa shape index (κ1) is 32.3. The van der Waals surface area contributed by atoms with Gasteiger partial charge in [-0.2, -0.15) is 0 Å². The van der Waals surface area contributed by atoms with Crippen LogP contribution >= 0.6 is 0 Å². The van der Waals surface area contributed by atoms with E-state index in [0.29, 0.717) is 12.1 Å². The number of amides is 1. The number of carbonyl (C=O) groups excluding carboxylic acids is 1. The van der Waals surface area contributed by atoms with Gasteiger partial charge < -0.3 is 14.6 Å². The predicted octanol–water partition coefficient (Wildman–Crippen LogP) is 10.3. The Labute approximate surface area is 279 Å². The van der Waals surface area contributed by atoms with Crippen LogP contribution < -0.4 is 4.90 Å². The molecule has 0 bridgehead atoms. The van der Waals surface area contributed by atoms with Crippen molar-refractivity contribution in [1.82, 2.24) is 4.57 Å². The lowest BCUT2D eigenvalue weighted by Gasteiger charge is -2.32. The number of carboxylic acid groups (broad SMARTS) is 1. The molecular formula is C42H46N2O3. The van der Waals surface area contributed by atoms with Gasteiger partial charge in [-0.25, -0.2) is 4.79 Å². The van der Waals surface area contributed by atoms with Crippen molar-refractivity contribution in [1.29, 1.82) is 0 Å². The highest BCUT2D eigenvalue weighted by molar-refractivity contribution is 6.06. The Balaban J connectivity index is 0.000000193. The van der Waals surface area contributed by atoms with E-state index < -0.39 is 5.97 Å². The summed E-state index contributed by atoms with van der Waals surface area (Å²) in [4.78, 5) is 26.3. The first-order chi connectivity index (χ1) is 22.5. The lowest BCUT2D eigenvalue weighted by molar-refractivity contribution is 0.0696. The molecule has 0 spiro atoms. The summed E-state index contributed by atoms with van der Waals surface area (Å²) in [5.41, 5.74) is 9.96. The second kappa shape index (κ2) is 13.2. The smallest absolute Gasteiger partial charge is 0.335 e. The topological polar surface area (TPSA) is 62.5 Å². The molecular weight excluding hydrogens is 580 g/mol. The summed E-state index contributed by atoms with van der Waals surface area (Å²) in [7, 11) is 0. The predicted molar refractivity (Wildman–Crippen MR) is 192 cm³/mol. The molecule has 1 amide bonds. The summed E-state index contributed by atoms with van der Waals surface area (Å²) in [5.74, 6) is -0.811. The van der Waals surface area contributed by atoms with Crippen molar-refractivity contribution in [3.8, 4) is 0 Å². The fourth-order valence-corrected chi connectivity index (χ4v) is 7.43. The van der Waals surface area contributed by atoms with Crippen LogP contribution in [0.5, 0.6) is 0 Å². The van der Waals surface area contributed by atoms with Crippen LogP contribution in [0.1, 0.15) is 109 Å². The lowest BCUT2D eigenvalue weighted by Crippen LogP contribution is -2.30. The van der Waals surface area contributed by atoms with Crippen molar-refractivity contribution in [2.75, 3.05) is 4.90 Å². The molecule has 47 heavy (non-hydrogen) atoms. The van der Waals surface area contributed by atoms with Crippen molar-refractivity contribution in [3.05, 3.63) is 137 Å². The van der Waals surface area contributed by atoms with Gasteiger partial charge in [0.05, 0.1) is 12.1 Å². The molecule has 0 atom stereocenters. The maximum absolute atomic E-state index is 13.6. The molecule has 1 aliphatic heterocycles. The average molecular weight is 627 g/mol. The minimum atomic E-state index is -0.867. The highest BCUT2D eigenvalue weighted by atomic mass is 16.4. The third kappa shape index (κ3) is 6.90. The number of carbonyl (C=O) groups is 2. The van der Waals surface area contributed by atoms with Gasteiger partial charge in [0.15, 0.2) is 0 Å². The second-order valence-electron chi connectivity index (χ2n) is 14.4. The summed E-state index contributed by atoms with van der Waals surface area (Å²) < 4.78 is 2.23. The molecule has 0 saturated heterocycles. The first-order valence-corrected chi connectivity index (χ1v) is 16.9. The van der Waals surface area contributed by atoms with E-state index >= 15 is 0 Å². The largest absolute Gasteiger partial charge is 0.478 e. The van der Waals surface area contributed by atoms with Gasteiger partial charge in [0.1, 0.15) is 0 Å². The van der Waals surface area contributed by atoms with E-state index in [0.717, 1.165) is 41.9 Å². The van der Waals surface area contributed by atoms with E-state index in [1.165, 1.54) is 48.0 Å². The number of hydrogen-bond donors (Lipinski definition) is 1. The molecule has 242 valence electrons. The van der Waals surface area contributed by atoms with Crippen LogP contribution in [-0.2, 0) is 13.1 Å². The van der Waals surface area contributed by atoms with E-state index in [1.807, 2.05) is 41.3 Å². The monoisotopic (exact) mass is 626 g/mol. The number of rotatable bonds is 4. The summed E-state index contributed by atoms with van der Waals surface area (Å²) in [5, 5.41) is 8.87. The summed E-state index contributed by atoms with van der Waals surface area (Å²) in [6.07, 6.45) is 13.9. The van der Waals surface area contributed by atoms with Gasteiger partial charge in [-0.3, -0.25) is 4.79 Å². The number of aromatic nitrogens is 1. The molecule has 1 N–H and O–H groups in total. The molecule has 0 saturated carbocycles. The number of benzene rings is 3. The average Bonchev–Trinajstić information content (AvgIpc) is 3.43. The van der Waals surface area contributed by atoms with Crippen LogP contribution in [-0.4, -0.2) is 21.6 Å². The van der Waals surface area contributed by atoms with Gasteiger partial charge in [-0.05, 0) is 120 Å². The number of para-hydroxylation sites is 1. The third-order valence-electron chi connectivity index (χ3n) is 10.2. The van der Waals surface area contributed by atoms with E-state index in [9.17, 15) is 9.59 Å². The molecule has 0 radical (unpaired) electrons. The highest BCUT2D eigenvalue weighted by Crippen LogP contribution is 2.43. The molecule has 0 unspecified atom stereocenters. The zero-order valence-corrected chi connectivity index (χ0v) is 28.1. The minimum absolute atomic E-state index is 0.0560. The third-order valence-corrected chi connectivity index (χ3v) is 10.2. The zero-order valence-electron chi connectivity index (χ0n) is 28.1. The van der Waals surface area contributed by atoms with Crippen molar-refractivity contribution < 1.29 is 14.7 Å². The lowest BCUT2D eigenvalue weighted by atomic mass is 9.73. The molecule has 0 fully saturated rings. The molecule has 5 heteroatoms. The van der Waals surface area contributed by atoms with Crippen molar-refractivity contribution in [2.24, 2.45) is 10.8 Å². The van der Waals surface area contributed by atoms with Crippen LogP contribution in [0.2, 0.25) is 0 Å². The van der Waals surface area contributed by atoms with Crippen molar-refractivity contribution in [2.45, 2.75) is 79.3 Å². The van der Waals surface area contributed by atoms with Crippen LogP contribution in [0.25, 0.3) is 11.1 Å². The number of allylic oxidation sites excluding steroid dienone is 4. The maximum atomic E-state index is 13.6. The summed E-state index contributed by atoms with van der Waals surface area (Å²) in [6.45, 7) is 10.5. The fraction of sp³-hybridized carbons (Fsp3) is 0.333. The van der Waals surface area contributed by atoms with E-state index in [-0.39, 0.29) is 16.7 Å². The Morgan fingerprint density at radius 1 is 0.660 bits per heavy atom. The summed E-state index contributed by atoms with van der Waals surface area (Å²) in [6, 6.07) is 27.8. The van der Waals surface area contributed by atoms with Gasteiger partial charge in [-0.1, -0.05) is 82.3 Å². The fourth-order valence-electron chi connectivity index (χ4n) is 7.43. The van der Waals surface area contributed by atoms with Crippen molar-refractivity contribution in [3.63, 3.8) is 0 Å². The number of fused-ring (bicyclic) bond motifs is 2. The zero-order chi connectivity index (χ0) is 33.2. The van der Waals surface area contributed by atoms with Crippen LogP contribution in [0.15, 0.2) is 103 Å². The Morgan fingerprint density at radius 3 is 1.77 bits per heavy atom. The molecule has 4 aromatic rings. The Hall–Kier alpha value is -4.64. The van der Waals surface area contributed by atoms with Gasteiger partial charge >= 0.3 is 5.97 Å². The highest BCUT2D eigenvalue weighted by Gasteiger charge is 2.29. The quantitative estimate of drug-likeness (QED) is 0.245. The standard InChI is InChI=1S/C27H28N2O.C15H18O2/c1-27(2)16-6-5-10-24(27)20-12-14-21(15-13-20)26(30)29-19-23-9-7-17-28(23)18-22-8-3-4-11-25(22)29;1-15(2)10-4-3-5-13(15)11-6-8-12(9-7-11)14(16)17/h3-4,7-15,17H,5-6,16,18-19H2,1-2H3;5-9H,3-4,10H2,1-2H3,(H,16,17). The SMILES string of the molecule is CC1(C)CCCC=C1c1ccc(C(=O)N2Cc3cccn3Cc3ccccc32)cc1.CC1(C)CCCC=C1c1ccc(C(=O)O)cc1. The van der Waals surface area contributed by atoms with E-state index in [1.54, 1.807) is 12.1 Å². The molecule has 3 aromatic carbocycles. The number of anilines is 1. The molecule has 7 rings (SSSR count). The first-order valence-electron chi connectivity index (χ1n) is 16.9.